The van der Waals surface area contributed by atoms with Crippen molar-refractivity contribution in [3.05, 3.63) is 58.3 Å². The van der Waals surface area contributed by atoms with Crippen LogP contribution < -0.4 is 0 Å². The molecular weight excluding hydrogens is 380 g/mol. The molecule has 2 aromatic carbocycles. The maximum absolute atomic E-state index is 10.9. The van der Waals surface area contributed by atoms with E-state index in [1.165, 1.54) is 0 Å². The Labute approximate surface area is 155 Å². The van der Waals surface area contributed by atoms with E-state index >= 15 is 0 Å². The molecule has 0 bridgehead atoms. The molecule has 0 amide bonds. The van der Waals surface area contributed by atoms with Crippen LogP contribution >= 0.6 is 15.9 Å². The molecule has 1 heterocycles. The van der Waals surface area contributed by atoms with Gasteiger partial charge in [-0.25, -0.2) is 4.98 Å². The maximum atomic E-state index is 10.9. The van der Waals surface area contributed by atoms with E-state index in [-0.39, 0.29) is 5.92 Å². The highest BCUT2D eigenvalue weighted by Gasteiger charge is 2.13. The summed E-state index contributed by atoms with van der Waals surface area (Å²) in [7, 11) is 0. The van der Waals surface area contributed by atoms with Crippen LogP contribution in [0.1, 0.15) is 31.7 Å². The highest BCUT2D eigenvalue weighted by molar-refractivity contribution is 9.10. The van der Waals surface area contributed by atoms with Crippen LogP contribution in [0.5, 0.6) is 0 Å². The number of rotatable bonds is 6. The number of carboxylic acid groups (broad SMARTS) is 1. The van der Waals surface area contributed by atoms with Gasteiger partial charge in [0.15, 0.2) is 0 Å². The Bertz CT molecular complexity index is 900. The summed E-state index contributed by atoms with van der Waals surface area (Å²) in [6, 6.07) is 14.5. The number of carbonyl (C=O) groups is 1. The molecule has 4 nitrogen and oxygen atoms in total. The number of fused-ring (bicyclic) bond motifs is 1. The Morgan fingerprint density at radius 2 is 1.96 bits per heavy atom. The topological polar surface area (TPSA) is 55.1 Å². The molecule has 0 aliphatic rings. The summed E-state index contributed by atoms with van der Waals surface area (Å²) in [5, 5.41) is 8.99. The van der Waals surface area contributed by atoms with Crippen molar-refractivity contribution in [2.75, 3.05) is 0 Å². The van der Waals surface area contributed by atoms with Gasteiger partial charge in [-0.1, -0.05) is 41.9 Å². The summed E-state index contributed by atoms with van der Waals surface area (Å²) in [5.74, 6) is -0.0250. The number of aliphatic carboxylic acids is 1. The van der Waals surface area contributed by atoms with Gasteiger partial charge >= 0.3 is 5.97 Å². The van der Waals surface area contributed by atoms with E-state index in [4.69, 9.17) is 10.1 Å². The SMILES string of the molecule is CCc1nc2cc(Br)ccc2n1-c1ccc(CCC(C)C(=O)O)cc1. The Kier molecular flexibility index (Phi) is 5.23. The summed E-state index contributed by atoms with van der Waals surface area (Å²) >= 11 is 3.50. The molecule has 0 radical (unpaired) electrons. The molecule has 0 saturated carbocycles. The average molecular weight is 401 g/mol. The van der Waals surface area contributed by atoms with Gasteiger partial charge in [0.05, 0.1) is 17.0 Å². The van der Waals surface area contributed by atoms with E-state index in [2.05, 4.69) is 57.8 Å². The molecule has 0 aliphatic heterocycles. The Morgan fingerprint density at radius 3 is 2.60 bits per heavy atom. The smallest absolute Gasteiger partial charge is 0.306 e. The maximum Gasteiger partial charge on any atom is 0.306 e. The predicted octanol–water partition coefficient (Wildman–Crippen LogP) is 5.00. The molecule has 1 aromatic heterocycles. The molecule has 25 heavy (non-hydrogen) atoms. The molecule has 0 spiro atoms. The van der Waals surface area contributed by atoms with Crippen LogP contribution in [0.25, 0.3) is 16.7 Å². The third kappa shape index (κ3) is 3.76. The quantitative estimate of drug-likeness (QED) is 0.632. The molecule has 0 fully saturated rings. The van der Waals surface area contributed by atoms with Gasteiger partial charge in [-0.3, -0.25) is 9.36 Å². The number of benzene rings is 2. The van der Waals surface area contributed by atoms with E-state index < -0.39 is 5.97 Å². The number of imidazole rings is 1. The third-order valence-corrected chi connectivity index (χ3v) is 4.98. The minimum atomic E-state index is -0.736. The number of carboxylic acids is 1. The number of hydrogen-bond acceptors (Lipinski definition) is 2. The fourth-order valence-corrected chi connectivity index (χ4v) is 3.30. The number of nitrogens with zero attached hydrogens (tertiary/aromatic N) is 2. The lowest BCUT2D eigenvalue weighted by Crippen LogP contribution is -2.10. The second-order valence-electron chi connectivity index (χ2n) is 6.29. The van der Waals surface area contributed by atoms with E-state index in [0.29, 0.717) is 6.42 Å². The van der Waals surface area contributed by atoms with Gasteiger partial charge in [0, 0.05) is 16.6 Å². The first kappa shape index (κ1) is 17.7. The van der Waals surface area contributed by atoms with Crippen molar-refractivity contribution in [1.82, 2.24) is 9.55 Å². The second kappa shape index (κ2) is 7.40. The minimum Gasteiger partial charge on any atom is -0.481 e. The van der Waals surface area contributed by atoms with Crippen molar-refractivity contribution in [2.24, 2.45) is 5.92 Å². The molecule has 1 unspecified atom stereocenters. The lowest BCUT2D eigenvalue weighted by Gasteiger charge is -2.10. The highest BCUT2D eigenvalue weighted by Crippen LogP contribution is 2.25. The molecule has 1 N–H and O–H groups in total. The van der Waals surface area contributed by atoms with Crippen LogP contribution in [0.4, 0.5) is 0 Å². The molecule has 0 aliphatic carbocycles. The molecule has 130 valence electrons. The predicted molar refractivity (Wildman–Crippen MR) is 103 cm³/mol. The van der Waals surface area contributed by atoms with Gasteiger partial charge in [0.25, 0.3) is 0 Å². The number of aromatic nitrogens is 2. The summed E-state index contributed by atoms with van der Waals surface area (Å²) < 4.78 is 3.21. The minimum absolute atomic E-state index is 0.317. The zero-order chi connectivity index (χ0) is 18.0. The molecule has 3 rings (SSSR count). The largest absolute Gasteiger partial charge is 0.481 e. The Hall–Kier alpha value is -2.14. The highest BCUT2D eigenvalue weighted by atomic mass is 79.9. The number of aryl methyl sites for hydroxylation is 2. The zero-order valence-electron chi connectivity index (χ0n) is 14.4. The first-order valence-corrected chi connectivity index (χ1v) is 9.28. The summed E-state index contributed by atoms with van der Waals surface area (Å²) in [4.78, 5) is 15.7. The Balaban J connectivity index is 1.89. The number of halogens is 1. The van der Waals surface area contributed by atoms with Crippen LogP contribution in [0.3, 0.4) is 0 Å². The van der Waals surface area contributed by atoms with Gasteiger partial charge in [0.2, 0.25) is 0 Å². The van der Waals surface area contributed by atoms with E-state index in [1.807, 2.05) is 12.1 Å². The lowest BCUT2D eigenvalue weighted by atomic mass is 10.0. The zero-order valence-corrected chi connectivity index (χ0v) is 16.0. The van der Waals surface area contributed by atoms with Crippen molar-refractivity contribution in [1.29, 1.82) is 0 Å². The summed E-state index contributed by atoms with van der Waals surface area (Å²) in [5.41, 5.74) is 4.30. The van der Waals surface area contributed by atoms with E-state index in [0.717, 1.165) is 45.4 Å². The molecule has 3 aromatic rings. The van der Waals surface area contributed by atoms with Crippen LogP contribution in [0.15, 0.2) is 46.9 Å². The summed E-state index contributed by atoms with van der Waals surface area (Å²) in [6.45, 7) is 3.86. The molecule has 0 saturated heterocycles. The van der Waals surface area contributed by atoms with Gasteiger partial charge in [-0.15, -0.1) is 0 Å². The lowest BCUT2D eigenvalue weighted by molar-refractivity contribution is -0.141. The average Bonchev–Trinajstić information content (AvgIpc) is 2.97. The van der Waals surface area contributed by atoms with Gasteiger partial charge < -0.3 is 5.11 Å². The van der Waals surface area contributed by atoms with Crippen LogP contribution in [-0.4, -0.2) is 20.6 Å². The fraction of sp³-hybridized carbons (Fsp3) is 0.300. The second-order valence-corrected chi connectivity index (χ2v) is 7.21. The van der Waals surface area contributed by atoms with Crippen molar-refractivity contribution >= 4 is 32.9 Å². The van der Waals surface area contributed by atoms with Crippen LogP contribution in [0.2, 0.25) is 0 Å². The van der Waals surface area contributed by atoms with Gasteiger partial charge in [0.1, 0.15) is 5.82 Å². The summed E-state index contributed by atoms with van der Waals surface area (Å²) in [6.07, 6.45) is 2.27. The van der Waals surface area contributed by atoms with Gasteiger partial charge in [-0.2, -0.15) is 0 Å². The third-order valence-electron chi connectivity index (χ3n) is 4.48. The van der Waals surface area contributed by atoms with E-state index in [1.54, 1.807) is 6.92 Å². The monoisotopic (exact) mass is 400 g/mol. The number of hydrogen-bond donors (Lipinski definition) is 1. The van der Waals surface area contributed by atoms with Crippen molar-refractivity contribution in [3.63, 3.8) is 0 Å². The van der Waals surface area contributed by atoms with E-state index in [9.17, 15) is 4.79 Å². The fourth-order valence-electron chi connectivity index (χ4n) is 2.95. The van der Waals surface area contributed by atoms with Crippen molar-refractivity contribution in [2.45, 2.75) is 33.1 Å². The first-order valence-electron chi connectivity index (χ1n) is 8.48. The molecular formula is C20H21BrN2O2. The van der Waals surface area contributed by atoms with Crippen LogP contribution in [-0.2, 0) is 17.6 Å². The normalized spacial score (nSPS) is 12.4. The van der Waals surface area contributed by atoms with Gasteiger partial charge in [-0.05, 0) is 48.7 Å². The van der Waals surface area contributed by atoms with Crippen LogP contribution in [0, 0.1) is 5.92 Å². The molecule has 1 atom stereocenters. The Morgan fingerprint density at radius 1 is 1.24 bits per heavy atom. The molecule has 5 heteroatoms. The first-order chi connectivity index (χ1) is 12.0. The van der Waals surface area contributed by atoms with Crippen molar-refractivity contribution in [3.8, 4) is 5.69 Å². The standard InChI is InChI=1S/C20H21BrN2O2/c1-3-19-22-17-12-15(21)8-11-18(17)23(19)16-9-6-14(7-10-16)5-4-13(2)20(24)25/h6-13H,3-5H2,1-2H3,(H,24,25). The van der Waals surface area contributed by atoms with Crippen molar-refractivity contribution < 1.29 is 9.90 Å².